The molecule has 0 aromatic carbocycles. The van der Waals surface area contributed by atoms with Crippen LogP contribution in [0.25, 0.3) is 0 Å². The number of rotatable bonds is 3. The van der Waals surface area contributed by atoms with Gasteiger partial charge in [0, 0.05) is 15.8 Å². The summed E-state index contributed by atoms with van der Waals surface area (Å²) in [7, 11) is 0. The van der Waals surface area contributed by atoms with Gasteiger partial charge in [-0.15, -0.1) is 0 Å². The van der Waals surface area contributed by atoms with Crippen LogP contribution in [0.5, 0.6) is 0 Å². The molecule has 0 bridgehead atoms. The molecule has 0 unspecified atom stereocenters. The number of aliphatic carboxylic acids is 1. The summed E-state index contributed by atoms with van der Waals surface area (Å²) in [4.78, 5) is 9.82. The first kappa shape index (κ1) is 3.43. The number of hydrogen-bond donors (Lipinski definition) is 2. The molecule has 0 saturated carbocycles. The average molecular weight is 106 g/mol. The smallest absolute Gasteiger partial charge is 0.303 e. The zero-order valence-electron chi connectivity index (χ0n) is 5.72. The molecule has 0 saturated heterocycles. The van der Waals surface area contributed by atoms with Gasteiger partial charge >= 0.3 is 5.97 Å². The van der Waals surface area contributed by atoms with Crippen molar-refractivity contribution in [3.63, 3.8) is 0 Å². The molecule has 0 aliphatic carbocycles. The molecular weight excluding hydrogens is 96.0 g/mol. The van der Waals surface area contributed by atoms with E-state index in [2.05, 4.69) is 0 Å². The largest absolute Gasteiger partial charge is 0.481 e. The van der Waals surface area contributed by atoms with E-state index in [0.29, 0.717) is 0 Å². The van der Waals surface area contributed by atoms with E-state index in [-0.39, 0.29) is 0 Å². The third-order valence-corrected chi connectivity index (χ3v) is 0.388. The lowest BCUT2D eigenvalue weighted by molar-refractivity contribution is -0.137. The second-order valence-electron chi connectivity index (χ2n) is 0.979. The Bertz CT molecular complexity index is 112. The zero-order chi connectivity index (χ0) is 7.49. The Kier molecular flexibility index (Phi) is 1.77. The fourth-order valence-electron chi connectivity index (χ4n) is 0.163. The number of aliphatic hydroxyl groups is 1. The number of aliphatic hydroxyl groups excluding tert-OH is 1. The molecule has 42 valence electrons. The number of carbonyl (C=O) groups is 1. The highest BCUT2D eigenvalue weighted by molar-refractivity contribution is 5.66. The summed E-state index contributed by atoms with van der Waals surface area (Å²) in [5.74, 6) is -1.24. The van der Waals surface area contributed by atoms with Gasteiger partial charge in [0.15, 0.2) is 0 Å². The first-order valence-corrected chi connectivity index (χ1v) is 1.80. The summed E-state index contributed by atoms with van der Waals surface area (Å²) in [5, 5.41) is 16.2. The predicted molar refractivity (Wildman–Crippen MR) is 24.0 cm³/mol. The molecule has 2 N–H and O–H groups in total. The Hall–Kier alpha value is -0.570. The summed E-state index contributed by atoms with van der Waals surface area (Å²) >= 11 is 0. The van der Waals surface area contributed by atoms with Gasteiger partial charge in [0.05, 0.1) is 0 Å². The van der Waals surface area contributed by atoms with Gasteiger partial charge in [-0.1, -0.05) is 0 Å². The maximum atomic E-state index is 9.82. The molecule has 0 rings (SSSR count). The molecule has 0 aromatic heterocycles. The van der Waals surface area contributed by atoms with E-state index in [0.717, 1.165) is 0 Å². The van der Waals surface area contributed by atoms with Crippen LogP contribution in [0.4, 0.5) is 0 Å². The van der Waals surface area contributed by atoms with Crippen LogP contribution >= 0.6 is 0 Å². The van der Waals surface area contributed by atoms with Gasteiger partial charge in [-0.25, -0.2) is 0 Å². The molecule has 3 heteroatoms. The van der Waals surface area contributed by atoms with Crippen LogP contribution < -0.4 is 0 Å². The third kappa shape index (κ3) is 5.43. The van der Waals surface area contributed by atoms with E-state index < -0.39 is 25.4 Å². The van der Waals surface area contributed by atoms with E-state index in [4.69, 9.17) is 13.0 Å². The van der Waals surface area contributed by atoms with Crippen LogP contribution in [-0.2, 0) is 4.79 Å². The van der Waals surface area contributed by atoms with E-state index in [1.807, 2.05) is 0 Å². The highest BCUT2D eigenvalue weighted by Gasteiger charge is 1.91. The lowest BCUT2D eigenvalue weighted by Gasteiger charge is -1.85. The van der Waals surface area contributed by atoms with Crippen LogP contribution in [-0.4, -0.2) is 22.8 Å². The van der Waals surface area contributed by atoms with Crippen LogP contribution in [0.1, 0.15) is 15.5 Å². The lowest BCUT2D eigenvalue weighted by Crippen LogP contribution is -1.95. The van der Waals surface area contributed by atoms with Crippen LogP contribution in [0, 0.1) is 0 Å². The molecule has 0 amide bonds. The fraction of sp³-hybridized carbons (Fsp3) is 0.750. The minimum atomic E-state index is -1.98. The van der Waals surface area contributed by atoms with E-state index >= 15 is 0 Å². The maximum Gasteiger partial charge on any atom is 0.303 e. The number of carboxylic acid groups (broad SMARTS) is 1. The normalized spacial score (nSPS) is 15.0. The minimum absolute atomic E-state index is 0.649. The zero-order valence-corrected chi connectivity index (χ0v) is 3.72. The summed E-state index contributed by atoms with van der Waals surface area (Å²) < 4.78 is 13.5. The molecule has 0 aliphatic rings. The van der Waals surface area contributed by atoms with Gasteiger partial charge in [0.2, 0.25) is 0 Å². The molecule has 3 nitrogen and oxygen atoms in total. The summed E-state index contributed by atoms with van der Waals surface area (Å²) in [5.41, 5.74) is 0. The lowest BCUT2D eigenvalue weighted by atomic mass is 10.3. The minimum Gasteiger partial charge on any atom is -0.481 e. The van der Waals surface area contributed by atoms with Crippen LogP contribution in [0.3, 0.4) is 0 Å². The molecule has 0 heterocycles. The SMILES string of the molecule is [2H]C([2H])(CO)CC(=O)O. The quantitative estimate of drug-likeness (QED) is 0.525. The monoisotopic (exact) mass is 106 g/mol. The molecule has 0 aliphatic heterocycles. The van der Waals surface area contributed by atoms with Gasteiger partial charge in [-0.2, -0.15) is 0 Å². The third-order valence-electron chi connectivity index (χ3n) is 0.388. The number of carboxylic acids is 1. The first-order chi connectivity index (χ1) is 3.98. The Morgan fingerprint density at radius 2 is 2.43 bits per heavy atom. The topological polar surface area (TPSA) is 57.5 Å². The molecule has 0 atom stereocenters. The van der Waals surface area contributed by atoms with Gasteiger partial charge in [0.25, 0.3) is 0 Å². The van der Waals surface area contributed by atoms with Crippen LogP contribution in [0.15, 0.2) is 0 Å². The highest BCUT2D eigenvalue weighted by Crippen LogP contribution is 1.83. The Morgan fingerprint density at radius 3 is 2.57 bits per heavy atom. The van der Waals surface area contributed by atoms with Crippen molar-refractivity contribution in [2.75, 3.05) is 6.61 Å². The van der Waals surface area contributed by atoms with Crippen molar-refractivity contribution in [3.8, 4) is 0 Å². The maximum absolute atomic E-state index is 9.82. The molecule has 0 spiro atoms. The van der Waals surface area contributed by atoms with Crippen molar-refractivity contribution >= 4 is 5.97 Å². The van der Waals surface area contributed by atoms with E-state index in [9.17, 15) is 4.79 Å². The Balaban J connectivity index is 3.71. The number of hydrogen-bond acceptors (Lipinski definition) is 2. The molecular formula is C4H8O3. The van der Waals surface area contributed by atoms with Crippen LogP contribution in [0.2, 0.25) is 0 Å². The predicted octanol–water partition coefficient (Wildman–Crippen LogP) is -0.156. The van der Waals surface area contributed by atoms with Crippen molar-refractivity contribution in [2.45, 2.75) is 12.8 Å². The molecule has 0 radical (unpaired) electrons. The van der Waals surface area contributed by atoms with Gasteiger partial charge in [-0.05, 0) is 6.37 Å². The van der Waals surface area contributed by atoms with Gasteiger partial charge in [0.1, 0.15) is 0 Å². The average Bonchev–Trinajstić information content (AvgIpc) is 1.63. The van der Waals surface area contributed by atoms with Crippen molar-refractivity contribution in [3.05, 3.63) is 0 Å². The summed E-state index contributed by atoms with van der Waals surface area (Å²) in [6.07, 6.45) is -2.63. The molecule has 0 fully saturated rings. The summed E-state index contributed by atoms with van der Waals surface area (Å²) in [6, 6.07) is 0. The van der Waals surface area contributed by atoms with Crippen molar-refractivity contribution < 1.29 is 17.7 Å². The van der Waals surface area contributed by atoms with Crippen molar-refractivity contribution in [1.29, 1.82) is 0 Å². The van der Waals surface area contributed by atoms with Gasteiger partial charge < -0.3 is 10.2 Å². The summed E-state index contributed by atoms with van der Waals surface area (Å²) in [6.45, 7) is -0.751. The second kappa shape index (κ2) is 3.61. The van der Waals surface area contributed by atoms with Gasteiger partial charge in [-0.3, -0.25) is 4.79 Å². The van der Waals surface area contributed by atoms with E-state index in [1.54, 1.807) is 0 Å². The second-order valence-corrected chi connectivity index (χ2v) is 0.979. The van der Waals surface area contributed by atoms with E-state index in [1.165, 1.54) is 0 Å². The van der Waals surface area contributed by atoms with Crippen molar-refractivity contribution in [1.82, 2.24) is 0 Å². The Morgan fingerprint density at radius 1 is 1.86 bits per heavy atom. The fourth-order valence-corrected chi connectivity index (χ4v) is 0.163. The van der Waals surface area contributed by atoms with Crippen molar-refractivity contribution in [2.24, 2.45) is 0 Å². The Labute approximate surface area is 44.4 Å². The molecule has 7 heavy (non-hydrogen) atoms. The standard InChI is InChI=1S/C4H8O3/c5-3-1-2-4(6)7/h5H,1-3H2,(H,6,7)/i1D2. The molecule has 0 aromatic rings. The first-order valence-electron chi connectivity index (χ1n) is 2.80. The highest BCUT2D eigenvalue weighted by atomic mass is 16.4.